The Bertz CT molecular complexity index is 877. The number of hydrogen-bond donors (Lipinski definition) is 1. The van der Waals surface area contributed by atoms with Gasteiger partial charge in [-0.3, -0.25) is 9.59 Å². The molecule has 1 N–H and O–H groups in total. The summed E-state index contributed by atoms with van der Waals surface area (Å²) in [6, 6.07) is 8.02. The topological polar surface area (TPSA) is 72.5 Å². The van der Waals surface area contributed by atoms with Crippen LogP contribution in [0.1, 0.15) is 12.8 Å². The zero-order valence-electron chi connectivity index (χ0n) is 15.7. The van der Waals surface area contributed by atoms with Gasteiger partial charge in [0, 0.05) is 51.0 Å². The molecular weight excluding hydrogens is 361 g/mol. The summed E-state index contributed by atoms with van der Waals surface area (Å²) in [4.78, 5) is 30.7. The van der Waals surface area contributed by atoms with Gasteiger partial charge < -0.3 is 14.7 Å². The smallest absolute Gasteiger partial charge is 0.266 e. The highest BCUT2D eigenvalue weighted by Gasteiger charge is 2.31. The van der Waals surface area contributed by atoms with Crippen LogP contribution in [0.3, 0.4) is 0 Å². The van der Waals surface area contributed by atoms with Crippen LogP contribution in [0.25, 0.3) is 0 Å². The molecule has 7 nitrogen and oxygen atoms in total. The molecule has 1 aromatic heterocycles. The molecule has 2 aliphatic heterocycles. The van der Waals surface area contributed by atoms with E-state index in [9.17, 15) is 14.0 Å². The first-order chi connectivity index (χ1) is 13.6. The van der Waals surface area contributed by atoms with Gasteiger partial charge in [0.1, 0.15) is 5.82 Å². The highest BCUT2D eigenvalue weighted by Crippen LogP contribution is 2.24. The number of nitrogens with one attached hydrogen (secondary N) is 1. The number of hydrogen-bond acceptors (Lipinski definition) is 5. The highest BCUT2D eigenvalue weighted by molar-refractivity contribution is 5.80. The third kappa shape index (κ3) is 4.00. The number of carbonyl (C=O) groups is 1. The van der Waals surface area contributed by atoms with Crippen molar-refractivity contribution in [1.29, 1.82) is 0 Å². The second kappa shape index (κ2) is 8.00. The normalized spacial score (nSPS) is 20.3. The Morgan fingerprint density at radius 3 is 2.50 bits per heavy atom. The summed E-state index contributed by atoms with van der Waals surface area (Å²) in [5.41, 5.74) is 1.52. The quantitative estimate of drug-likeness (QED) is 0.866. The van der Waals surface area contributed by atoms with Crippen LogP contribution >= 0.6 is 0 Å². The Balaban J connectivity index is 1.35. The molecule has 1 aromatic carbocycles. The minimum absolute atomic E-state index is 0.0644. The lowest BCUT2D eigenvalue weighted by atomic mass is 9.96. The van der Waals surface area contributed by atoms with Gasteiger partial charge in [-0.25, -0.2) is 9.49 Å². The summed E-state index contributed by atoms with van der Waals surface area (Å²) in [5, 5.41) is 6.24. The number of halogens is 1. The molecule has 0 aliphatic carbocycles. The first-order valence-electron chi connectivity index (χ1n) is 9.69. The molecule has 4 rings (SSSR count). The fourth-order valence-corrected chi connectivity index (χ4v) is 4.05. The van der Waals surface area contributed by atoms with E-state index in [1.807, 2.05) is 4.90 Å². The standard InChI is InChI=1S/C20H24FN5O2/c21-16-3-5-17(6-4-16)24-8-10-25(11-9-24)20(28)15-2-1-7-26(14-15)18-12-19(27)23-22-13-18/h3-6,12-13,15H,1-2,7-11,14H2,(H,23,27)/t15-/m0/s1. The van der Waals surface area contributed by atoms with Crippen molar-refractivity contribution in [2.45, 2.75) is 12.8 Å². The molecule has 2 fully saturated rings. The lowest BCUT2D eigenvalue weighted by molar-refractivity contribution is -0.136. The van der Waals surface area contributed by atoms with Crippen LogP contribution in [0.4, 0.5) is 15.8 Å². The third-order valence-corrected chi connectivity index (χ3v) is 5.57. The maximum absolute atomic E-state index is 13.1. The third-order valence-electron chi connectivity index (χ3n) is 5.57. The van der Waals surface area contributed by atoms with E-state index in [0.29, 0.717) is 19.6 Å². The van der Waals surface area contributed by atoms with Crippen molar-refractivity contribution < 1.29 is 9.18 Å². The number of H-pyrrole nitrogens is 1. The van der Waals surface area contributed by atoms with E-state index in [1.165, 1.54) is 18.2 Å². The lowest BCUT2D eigenvalue weighted by Crippen LogP contribution is -2.52. The summed E-state index contributed by atoms with van der Waals surface area (Å²) in [5.74, 6) is -0.123. The van der Waals surface area contributed by atoms with Gasteiger partial charge >= 0.3 is 0 Å². The molecule has 2 aromatic rings. The van der Waals surface area contributed by atoms with Gasteiger partial charge in [0.05, 0.1) is 17.8 Å². The summed E-state index contributed by atoms with van der Waals surface area (Å²) in [6.07, 6.45) is 3.42. The summed E-state index contributed by atoms with van der Waals surface area (Å²) in [6.45, 7) is 4.26. The Labute approximate surface area is 162 Å². The molecule has 0 unspecified atom stereocenters. The minimum Gasteiger partial charge on any atom is -0.369 e. The maximum atomic E-state index is 13.1. The molecule has 148 valence electrons. The van der Waals surface area contributed by atoms with Crippen LogP contribution in [0, 0.1) is 11.7 Å². The SMILES string of the molecule is O=C([C@H]1CCCN(c2cn[nH]c(=O)c2)C1)N1CCN(c2ccc(F)cc2)CC1. The van der Waals surface area contributed by atoms with Crippen LogP contribution in [0.2, 0.25) is 0 Å². The first-order valence-corrected chi connectivity index (χ1v) is 9.69. The molecule has 0 saturated carbocycles. The predicted molar refractivity (Wildman–Crippen MR) is 105 cm³/mol. The van der Waals surface area contributed by atoms with Crippen LogP contribution in [0.5, 0.6) is 0 Å². The average molecular weight is 385 g/mol. The zero-order chi connectivity index (χ0) is 19.5. The van der Waals surface area contributed by atoms with Crippen molar-refractivity contribution in [1.82, 2.24) is 15.1 Å². The van der Waals surface area contributed by atoms with Crippen LogP contribution < -0.4 is 15.4 Å². The second-order valence-corrected chi connectivity index (χ2v) is 7.38. The summed E-state index contributed by atoms with van der Waals surface area (Å²) in [7, 11) is 0. The number of piperidine rings is 1. The Kier molecular flexibility index (Phi) is 5.27. The maximum Gasteiger partial charge on any atom is 0.266 e. The van der Waals surface area contributed by atoms with Crippen molar-refractivity contribution >= 4 is 17.3 Å². The van der Waals surface area contributed by atoms with Crippen LogP contribution in [0.15, 0.2) is 41.3 Å². The zero-order valence-corrected chi connectivity index (χ0v) is 15.7. The van der Waals surface area contributed by atoms with Gasteiger partial charge in [0.25, 0.3) is 5.56 Å². The first kappa shape index (κ1) is 18.5. The molecule has 1 amide bonds. The number of anilines is 2. The molecule has 0 spiro atoms. The van der Waals surface area contributed by atoms with Crippen LogP contribution in [-0.4, -0.2) is 60.3 Å². The number of benzene rings is 1. The molecule has 2 saturated heterocycles. The number of aromatic nitrogens is 2. The van der Waals surface area contributed by atoms with E-state index in [0.717, 1.165) is 43.9 Å². The Hall–Kier alpha value is -2.90. The van der Waals surface area contributed by atoms with E-state index in [4.69, 9.17) is 0 Å². The largest absolute Gasteiger partial charge is 0.369 e. The fourth-order valence-electron chi connectivity index (χ4n) is 4.05. The Morgan fingerprint density at radius 2 is 1.79 bits per heavy atom. The summed E-state index contributed by atoms with van der Waals surface area (Å²) >= 11 is 0. The monoisotopic (exact) mass is 385 g/mol. The fraction of sp³-hybridized carbons (Fsp3) is 0.450. The molecular formula is C20H24FN5O2. The van der Waals surface area contributed by atoms with Crippen molar-refractivity contribution in [3.63, 3.8) is 0 Å². The van der Waals surface area contributed by atoms with E-state index in [2.05, 4.69) is 20.0 Å². The van der Waals surface area contributed by atoms with Gasteiger partial charge in [0.2, 0.25) is 5.91 Å². The van der Waals surface area contributed by atoms with Crippen molar-refractivity contribution in [2.75, 3.05) is 49.1 Å². The molecule has 3 heterocycles. The molecule has 28 heavy (non-hydrogen) atoms. The number of amides is 1. The molecule has 1 atom stereocenters. The Morgan fingerprint density at radius 1 is 1.04 bits per heavy atom. The van der Waals surface area contributed by atoms with Gasteiger partial charge in [-0.15, -0.1) is 0 Å². The van der Waals surface area contributed by atoms with Gasteiger partial charge in [0.15, 0.2) is 0 Å². The predicted octanol–water partition coefficient (Wildman–Crippen LogP) is 1.47. The number of aromatic amines is 1. The second-order valence-electron chi connectivity index (χ2n) is 7.38. The number of rotatable bonds is 3. The van der Waals surface area contributed by atoms with E-state index in [1.54, 1.807) is 18.3 Å². The molecule has 8 heteroatoms. The number of carbonyl (C=O) groups excluding carboxylic acids is 1. The van der Waals surface area contributed by atoms with Gasteiger partial charge in [-0.1, -0.05) is 0 Å². The van der Waals surface area contributed by atoms with E-state index in [-0.39, 0.29) is 23.2 Å². The van der Waals surface area contributed by atoms with Crippen LogP contribution in [-0.2, 0) is 4.79 Å². The van der Waals surface area contributed by atoms with E-state index < -0.39 is 0 Å². The number of nitrogens with zero attached hydrogens (tertiary/aromatic N) is 4. The van der Waals surface area contributed by atoms with Crippen molar-refractivity contribution in [3.8, 4) is 0 Å². The molecule has 0 bridgehead atoms. The lowest BCUT2D eigenvalue weighted by Gasteiger charge is -2.40. The van der Waals surface area contributed by atoms with Gasteiger partial charge in [-0.2, -0.15) is 5.10 Å². The minimum atomic E-state index is -0.241. The summed E-state index contributed by atoms with van der Waals surface area (Å²) < 4.78 is 13.1. The van der Waals surface area contributed by atoms with Crippen molar-refractivity contribution in [3.05, 3.63) is 52.7 Å². The molecule has 0 radical (unpaired) electrons. The van der Waals surface area contributed by atoms with Gasteiger partial charge in [-0.05, 0) is 37.1 Å². The van der Waals surface area contributed by atoms with E-state index >= 15 is 0 Å². The van der Waals surface area contributed by atoms with Crippen molar-refractivity contribution in [2.24, 2.45) is 5.92 Å². The molecule has 2 aliphatic rings. The average Bonchev–Trinajstić information content (AvgIpc) is 2.74. The highest BCUT2D eigenvalue weighted by atomic mass is 19.1. The number of piperazine rings is 1.